The number of carbonyl (C=O) groups excluding carboxylic acids is 1. The van der Waals surface area contributed by atoms with Crippen molar-refractivity contribution in [2.24, 2.45) is 0 Å². The Hall–Kier alpha value is -3.84. The van der Waals surface area contributed by atoms with Crippen LogP contribution in [0.15, 0.2) is 95.6 Å². The first kappa shape index (κ1) is 20.4. The topological polar surface area (TPSA) is 78.0 Å². The molecule has 0 fully saturated rings. The van der Waals surface area contributed by atoms with Crippen LogP contribution in [0.1, 0.15) is 15.9 Å². The van der Waals surface area contributed by atoms with Gasteiger partial charge in [-0.05, 0) is 42.5 Å². The number of nitro groups is 1. The minimum absolute atomic E-state index is 0.0485. The normalized spacial score (nSPS) is 11.0. The van der Waals surface area contributed by atoms with Gasteiger partial charge < -0.3 is 0 Å². The lowest BCUT2D eigenvalue weighted by Crippen LogP contribution is -1.96. The van der Waals surface area contributed by atoms with Crippen molar-refractivity contribution in [3.8, 4) is 16.9 Å². The highest BCUT2D eigenvalue weighted by atomic mass is 79.9. The third kappa shape index (κ3) is 4.51. The molecule has 0 atom stereocenters. The van der Waals surface area contributed by atoms with Gasteiger partial charge in [-0.1, -0.05) is 58.4 Å². The van der Waals surface area contributed by atoms with E-state index in [0.717, 1.165) is 10.2 Å². The number of carbonyl (C=O) groups is 1. The van der Waals surface area contributed by atoms with E-state index in [0.29, 0.717) is 22.4 Å². The van der Waals surface area contributed by atoms with Gasteiger partial charge in [0.1, 0.15) is 5.69 Å². The Morgan fingerprint density at radius 3 is 2.35 bits per heavy atom. The molecular formula is C24H16BrN3O3. The molecule has 0 aliphatic rings. The minimum atomic E-state index is -0.434. The molecule has 0 unspecified atom stereocenters. The van der Waals surface area contributed by atoms with Gasteiger partial charge in [0.15, 0.2) is 5.78 Å². The molecule has 0 amide bonds. The molecule has 0 N–H and O–H groups in total. The highest BCUT2D eigenvalue weighted by Gasteiger charge is 2.20. The summed E-state index contributed by atoms with van der Waals surface area (Å²) in [6, 6.07) is 22.9. The zero-order valence-corrected chi connectivity index (χ0v) is 17.8. The van der Waals surface area contributed by atoms with Crippen molar-refractivity contribution < 1.29 is 9.72 Å². The predicted octanol–water partition coefficient (Wildman–Crippen LogP) is 6.11. The van der Waals surface area contributed by atoms with E-state index >= 15 is 0 Å². The fourth-order valence-corrected chi connectivity index (χ4v) is 3.41. The number of aromatic nitrogens is 2. The number of hydrogen-bond acceptors (Lipinski definition) is 4. The molecule has 4 aromatic rings. The molecule has 4 rings (SSSR count). The summed E-state index contributed by atoms with van der Waals surface area (Å²) < 4.78 is 2.57. The van der Waals surface area contributed by atoms with Crippen LogP contribution >= 0.6 is 15.9 Å². The maximum atomic E-state index is 12.5. The lowest BCUT2D eigenvalue weighted by Gasteiger charge is -2.02. The van der Waals surface area contributed by atoms with Gasteiger partial charge >= 0.3 is 0 Å². The molecule has 1 aromatic heterocycles. The number of rotatable bonds is 6. The van der Waals surface area contributed by atoms with Crippen LogP contribution in [0.5, 0.6) is 0 Å². The van der Waals surface area contributed by atoms with Gasteiger partial charge in [0.05, 0.1) is 16.2 Å². The van der Waals surface area contributed by atoms with Crippen LogP contribution < -0.4 is 0 Å². The summed E-state index contributed by atoms with van der Waals surface area (Å²) in [5, 5.41) is 16.2. The van der Waals surface area contributed by atoms with E-state index in [2.05, 4.69) is 21.0 Å². The second-order valence-corrected chi connectivity index (χ2v) is 7.61. The number of nitrogens with zero attached hydrogens (tertiary/aromatic N) is 3. The highest BCUT2D eigenvalue weighted by Crippen LogP contribution is 2.32. The molecule has 6 nitrogen and oxygen atoms in total. The van der Waals surface area contributed by atoms with Crippen molar-refractivity contribution in [1.29, 1.82) is 0 Å². The molecular weight excluding hydrogens is 458 g/mol. The average molecular weight is 474 g/mol. The van der Waals surface area contributed by atoms with Crippen LogP contribution in [0.2, 0.25) is 0 Å². The van der Waals surface area contributed by atoms with Crippen molar-refractivity contribution in [2.75, 3.05) is 0 Å². The molecule has 0 saturated carbocycles. The molecule has 152 valence electrons. The minimum Gasteiger partial charge on any atom is -0.289 e. The van der Waals surface area contributed by atoms with E-state index in [-0.39, 0.29) is 11.5 Å². The number of ketones is 1. The summed E-state index contributed by atoms with van der Waals surface area (Å²) in [6.07, 6.45) is 4.85. The molecule has 0 radical (unpaired) electrons. The Morgan fingerprint density at radius 2 is 1.65 bits per heavy atom. The van der Waals surface area contributed by atoms with Crippen LogP contribution in [0.3, 0.4) is 0 Å². The smallest absolute Gasteiger partial charge is 0.278 e. The molecule has 0 aliphatic heterocycles. The van der Waals surface area contributed by atoms with Crippen LogP contribution in [0.4, 0.5) is 5.69 Å². The quantitative estimate of drug-likeness (QED) is 0.146. The van der Waals surface area contributed by atoms with Crippen molar-refractivity contribution in [3.05, 3.63) is 117 Å². The van der Waals surface area contributed by atoms with Crippen LogP contribution in [-0.2, 0) is 0 Å². The summed E-state index contributed by atoms with van der Waals surface area (Å²) >= 11 is 3.41. The Bertz CT molecular complexity index is 1280. The zero-order chi connectivity index (χ0) is 21.8. The van der Waals surface area contributed by atoms with Gasteiger partial charge in [-0.25, -0.2) is 4.68 Å². The third-order valence-corrected chi connectivity index (χ3v) is 5.19. The van der Waals surface area contributed by atoms with Gasteiger partial charge in [0, 0.05) is 27.9 Å². The summed E-state index contributed by atoms with van der Waals surface area (Å²) in [5.74, 6) is -0.162. The van der Waals surface area contributed by atoms with E-state index in [4.69, 9.17) is 0 Å². The van der Waals surface area contributed by atoms with E-state index in [9.17, 15) is 14.9 Å². The molecule has 0 bridgehead atoms. The number of hydrogen-bond donors (Lipinski definition) is 0. The number of halogens is 1. The molecule has 0 saturated heterocycles. The first-order valence-corrected chi connectivity index (χ1v) is 10.2. The lowest BCUT2D eigenvalue weighted by molar-refractivity contribution is -0.384. The first-order chi connectivity index (χ1) is 15.0. The number of benzene rings is 3. The van der Waals surface area contributed by atoms with Gasteiger partial charge in [0.2, 0.25) is 0 Å². The van der Waals surface area contributed by atoms with Crippen molar-refractivity contribution in [2.45, 2.75) is 0 Å². The molecule has 0 spiro atoms. The SMILES string of the molecule is O=C(/C=C/c1cn(-c2ccc(Br)cc2)nc1-c1ccccc1[N+](=O)[O-])c1ccccc1. The van der Waals surface area contributed by atoms with Crippen LogP contribution in [0.25, 0.3) is 23.0 Å². The van der Waals surface area contributed by atoms with E-state index in [1.807, 2.05) is 30.3 Å². The van der Waals surface area contributed by atoms with Crippen molar-refractivity contribution >= 4 is 33.5 Å². The third-order valence-electron chi connectivity index (χ3n) is 4.66. The molecule has 0 aliphatic carbocycles. The highest BCUT2D eigenvalue weighted by molar-refractivity contribution is 9.10. The lowest BCUT2D eigenvalue weighted by atomic mass is 10.0. The summed E-state index contributed by atoms with van der Waals surface area (Å²) in [5.41, 5.74) is 2.71. The number of nitro benzene ring substituents is 1. The fraction of sp³-hybridized carbons (Fsp3) is 0. The van der Waals surface area contributed by atoms with E-state index in [1.54, 1.807) is 59.4 Å². The molecule has 1 heterocycles. The summed E-state index contributed by atoms with van der Waals surface area (Å²) in [6.45, 7) is 0. The second-order valence-electron chi connectivity index (χ2n) is 6.69. The number of para-hydroxylation sites is 1. The average Bonchev–Trinajstić information content (AvgIpc) is 3.22. The van der Waals surface area contributed by atoms with Gasteiger partial charge in [-0.2, -0.15) is 5.10 Å². The Labute approximate surface area is 186 Å². The van der Waals surface area contributed by atoms with Gasteiger partial charge in [-0.3, -0.25) is 14.9 Å². The largest absolute Gasteiger partial charge is 0.289 e. The Morgan fingerprint density at radius 1 is 0.968 bits per heavy atom. The van der Waals surface area contributed by atoms with Gasteiger partial charge in [0.25, 0.3) is 5.69 Å². The molecule has 7 heteroatoms. The molecule has 3 aromatic carbocycles. The predicted molar refractivity (Wildman–Crippen MR) is 123 cm³/mol. The summed E-state index contributed by atoms with van der Waals surface area (Å²) in [7, 11) is 0. The maximum absolute atomic E-state index is 12.5. The first-order valence-electron chi connectivity index (χ1n) is 9.40. The van der Waals surface area contributed by atoms with Gasteiger partial charge in [-0.15, -0.1) is 0 Å². The second kappa shape index (κ2) is 8.89. The monoisotopic (exact) mass is 473 g/mol. The summed E-state index contributed by atoms with van der Waals surface area (Å²) in [4.78, 5) is 23.7. The Balaban J connectivity index is 1.81. The van der Waals surface area contributed by atoms with E-state index < -0.39 is 4.92 Å². The molecule has 31 heavy (non-hydrogen) atoms. The Kier molecular flexibility index (Phi) is 5.86. The van der Waals surface area contributed by atoms with Crippen LogP contribution in [-0.4, -0.2) is 20.5 Å². The number of allylic oxidation sites excluding steroid dienone is 1. The maximum Gasteiger partial charge on any atom is 0.278 e. The van der Waals surface area contributed by atoms with Crippen molar-refractivity contribution in [3.63, 3.8) is 0 Å². The van der Waals surface area contributed by atoms with Crippen molar-refractivity contribution in [1.82, 2.24) is 9.78 Å². The van der Waals surface area contributed by atoms with Crippen LogP contribution in [0, 0.1) is 10.1 Å². The zero-order valence-electron chi connectivity index (χ0n) is 16.2. The van der Waals surface area contributed by atoms with E-state index in [1.165, 1.54) is 12.1 Å². The standard InChI is InChI=1S/C24H16BrN3O3/c25-19-11-13-20(14-12-19)27-16-18(10-15-23(29)17-6-2-1-3-7-17)24(26-27)21-8-4-5-9-22(21)28(30)31/h1-16H/b15-10+. The fourth-order valence-electron chi connectivity index (χ4n) is 3.14.